The molecule has 0 aromatic carbocycles. The van der Waals surface area contributed by atoms with Crippen LogP contribution in [-0.4, -0.2) is 74.2 Å². The predicted octanol–water partition coefficient (Wildman–Crippen LogP) is 3.26. The summed E-state index contributed by atoms with van der Waals surface area (Å²) >= 11 is 0. The smallest absolute Gasteiger partial charge is 0.253 e. The molecule has 0 amide bonds. The molecule has 6 heterocycles. The summed E-state index contributed by atoms with van der Waals surface area (Å²) in [4.78, 5) is 39.4. The molecule has 0 aliphatic carbocycles. The van der Waals surface area contributed by atoms with E-state index in [0.29, 0.717) is 34.9 Å². The molecular weight excluding hydrogens is 494 g/mol. The number of fused-ring (bicyclic) bond motifs is 1. The molecule has 1 unspecified atom stereocenters. The fourth-order valence-corrected chi connectivity index (χ4v) is 5.34. The Hall–Kier alpha value is -3.83. The number of nitrogens with zero attached hydrogens (tertiary/aromatic N) is 7. The molecule has 39 heavy (non-hydrogen) atoms. The van der Waals surface area contributed by atoms with Gasteiger partial charge >= 0.3 is 0 Å². The molecule has 11 nitrogen and oxygen atoms in total. The number of H-pyrrole nitrogens is 1. The van der Waals surface area contributed by atoms with Gasteiger partial charge < -0.3 is 24.8 Å². The minimum Gasteiger partial charge on any atom is -0.364 e. The van der Waals surface area contributed by atoms with Crippen LogP contribution in [0.5, 0.6) is 0 Å². The van der Waals surface area contributed by atoms with E-state index in [1.807, 2.05) is 42.8 Å². The monoisotopic (exact) mass is 529 g/mol. The second-order valence-corrected chi connectivity index (χ2v) is 10.5. The zero-order valence-corrected chi connectivity index (χ0v) is 22.8. The number of hydrogen-bond acceptors (Lipinski definition) is 9. The molecule has 2 aliphatic rings. The lowest BCUT2D eigenvalue weighted by atomic mass is 10.1. The Morgan fingerprint density at radius 2 is 1.95 bits per heavy atom. The van der Waals surface area contributed by atoms with Gasteiger partial charge in [0.15, 0.2) is 22.8 Å². The van der Waals surface area contributed by atoms with Gasteiger partial charge in [-0.05, 0) is 63.9 Å². The quantitative estimate of drug-likeness (QED) is 0.388. The first-order chi connectivity index (χ1) is 19.0. The number of ether oxygens (including phenoxy) is 1. The number of aryl methyl sites for hydroxylation is 2. The van der Waals surface area contributed by atoms with Gasteiger partial charge in [-0.25, -0.2) is 19.9 Å². The normalized spacial score (nSPS) is 18.5. The summed E-state index contributed by atoms with van der Waals surface area (Å²) in [5.41, 5.74) is 4.51. The largest absolute Gasteiger partial charge is 0.364 e. The number of piperazine rings is 1. The molecule has 2 N–H and O–H groups in total. The van der Waals surface area contributed by atoms with Gasteiger partial charge in [0.25, 0.3) is 5.56 Å². The lowest BCUT2D eigenvalue weighted by Gasteiger charge is -2.33. The van der Waals surface area contributed by atoms with E-state index >= 15 is 0 Å². The van der Waals surface area contributed by atoms with Crippen molar-refractivity contribution in [1.82, 2.24) is 34.4 Å². The van der Waals surface area contributed by atoms with Crippen molar-refractivity contribution in [2.24, 2.45) is 0 Å². The molecule has 2 aliphatic heterocycles. The maximum atomic E-state index is 12.6. The van der Waals surface area contributed by atoms with Crippen molar-refractivity contribution in [2.45, 2.75) is 45.9 Å². The Balaban J connectivity index is 1.36. The first-order valence-corrected chi connectivity index (χ1v) is 13.7. The van der Waals surface area contributed by atoms with Crippen LogP contribution in [0.2, 0.25) is 0 Å². The number of rotatable bonds is 6. The summed E-state index contributed by atoms with van der Waals surface area (Å²) in [6.07, 6.45) is 6.58. The molecule has 1 atom stereocenters. The van der Waals surface area contributed by atoms with Gasteiger partial charge in [-0.2, -0.15) is 0 Å². The highest BCUT2D eigenvalue weighted by molar-refractivity contribution is 5.85. The third kappa shape index (κ3) is 5.24. The SMILES string of the molecule is Cc1cc(C)c(CNc2nc(-c3ccc(N4CCN(C)CC4)nc3)nc3c2ncn3C2CCCCO2)c(=O)[nH]1. The molecule has 0 saturated carbocycles. The van der Waals surface area contributed by atoms with Crippen molar-refractivity contribution in [3.05, 3.63) is 57.9 Å². The van der Waals surface area contributed by atoms with Gasteiger partial charge in [-0.3, -0.25) is 9.36 Å². The Labute approximate surface area is 227 Å². The van der Waals surface area contributed by atoms with Gasteiger partial charge in [0.05, 0.1) is 6.33 Å². The number of pyridine rings is 2. The third-order valence-corrected chi connectivity index (χ3v) is 7.65. The summed E-state index contributed by atoms with van der Waals surface area (Å²) in [6.45, 7) is 8.83. The van der Waals surface area contributed by atoms with Crippen LogP contribution < -0.4 is 15.8 Å². The molecular formula is C28H35N9O2. The maximum Gasteiger partial charge on any atom is 0.253 e. The van der Waals surface area contributed by atoms with E-state index in [4.69, 9.17) is 19.7 Å². The van der Waals surface area contributed by atoms with Gasteiger partial charge in [0.1, 0.15) is 12.0 Å². The highest BCUT2D eigenvalue weighted by Crippen LogP contribution is 2.30. The first kappa shape index (κ1) is 25.4. The number of imidazole rings is 1. The van der Waals surface area contributed by atoms with Crippen molar-refractivity contribution >= 4 is 22.8 Å². The highest BCUT2D eigenvalue weighted by atomic mass is 16.5. The Bertz CT molecular complexity index is 1510. The van der Waals surface area contributed by atoms with Crippen LogP contribution in [0.3, 0.4) is 0 Å². The fraction of sp³-hybridized carbons (Fsp3) is 0.464. The predicted molar refractivity (Wildman–Crippen MR) is 151 cm³/mol. The lowest BCUT2D eigenvalue weighted by Crippen LogP contribution is -2.44. The standard InChI is InChI=1S/C28H35N9O2/c1-18-14-19(2)32-28(38)21(18)16-30-26-24-27(37(17-31-24)23-6-4-5-13-39-23)34-25(33-26)20-7-8-22(29-15-20)36-11-9-35(3)10-12-36/h7-8,14-15,17,23H,4-6,9-13,16H2,1-3H3,(H,32,38)(H,30,33,34). The van der Waals surface area contributed by atoms with E-state index in [-0.39, 0.29) is 11.8 Å². The zero-order valence-electron chi connectivity index (χ0n) is 22.8. The topological polar surface area (TPSA) is 117 Å². The maximum absolute atomic E-state index is 12.6. The number of nitrogens with one attached hydrogen (secondary N) is 2. The number of aromatic amines is 1. The molecule has 0 spiro atoms. The molecule has 4 aromatic rings. The van der Waals surface area contributed by atoms with Crippen molar-refractivity contribution in [1.29, 1.82) is 0 Å². The van der Waals surface area contributed by atoms with E-state index in [2.05, 4.69) is 32.1 Å². The van der Waals surface area contributed by atoms with E-state index < -0.39 is 0 Å². The van der Waals surface area contributed by atoms with Gasteiger partial charge in [-0.1, -0.05) is 0 Å². The molecule has 2 fully saturated rings. The third-order valence-electron chi connectivity index (χ3n) is 7.65. The minimum atomic E-state index is -0.112. The summed E-state index contributed by atoms with van der Waals surface area (Å²) in [5.74, 6) is 2.09. The van der Waals surface area contributed by atoms with E-state index in [0.717, 1.165) is 74.7 Å². The highest BCUT2D eigenvalue weighted by Gasteiger charge is 2.22. The minimum absolute atomic E-state index is 0.102. The number of aromatic nitrogens is 6. The fourth-order valence-electron chi connectivity index (χ4n) is 5.34. The molecule has 11 heteroatoms. The van der Waals surface area contributed by atoms with Crippen LogP contribution in [0, 0.1) is 13.8 Å². The summed E-state index contributed by atoms with van der Waals surface area (Å²) in [7, 11) is 2.15. The van der Waals surface area contributed by atoms with Crippen molar-refractivity contribution in [3.63, 3.8) is 0 Å². The van der Waals surface area contributed by atoms with Crippen molar-refractivity contribution in [2.75, 3.05) is 50.1 Å². The van der Waals surface area contributed by atoms with Crippen LogP contribution in [-0.2, 0) is 11.3 Å². The first-order valence-electron chi connectivity index (χ1n) is 13.7. The number of hydrogen-bond donors (Lipinski definition) is 2. The average Bonchev–Trinajstić information content (AvgIpc) is 3.38. The molecule has 0 bridgehead atoms. The second kappa shape index (κ2) is 10.7. The molecule has 4 aromatic heterocycles. The zero-order chi connectivity index (χ0) is 26.9. The van der Waals surface area contributed by atoms with Crippen molar-refractivity contribution in [3.8, 4) is 11.4 Å². The summed E-state index contributed by atoms with van der Waals surface area (Å²) in [6, 6.07) is 6.04. The van der Waals surface area contributed by atoms with E-state index in [9.17, 15) is 4.79 Å². The average molecular weight is 530 g/mol. The Morgan fingerprint density at radius 3 is 2.67 bits per heavy atom. The van der Waals surface area contributed by atoms with Gasteiger partial charge in [0, 0.05) is 62.3 Å². The summed E-state index contributed by atoms with van der Waals surface area (Å²) < 4.78 is 8.05. The molecule has 2 saturated heterocycles. The molecule has 0 radical (unpaired) electrons. The lowest BCUT2D eigenvalue weighted by molar-refractivity contribution is -0.0298. The Morgan fingerprint density at radius 1 is 1.10 bits per heavy atom. The number of anilines is 2. The second-order valence-electron chi connectivity index (χ2n) is 10.5. The molecule has 6 rings (SSSR count). The van der Waals surface area contributed by atoms with Crippen LogP contribution in [0.25, 0.3) is 22.6 Å². The van der Waals surface area contributed by atoms with Crippen LogP contribution in [0.4, 0.5) is 11.6 Å². The van der Waals surface area contributed by atoms with Gasteiger partial charge in [-0.15, -0.1) is 0 Å². The van der Waals surface area contributed by atoms with E-state index in [1.165, 1.54) is 0 Å². The summed E-state index contributed by atoms with van der Waals surface area (Å²) in [5, 5.41) is 3.38. The van der Waals surface area contributed by atoms with Gasteiger partial charge in [0.2, 0.25) is 0 Å². The Kier molecular flexibility index (Phi) is 7.01. The van der Waals surface area contributed by atoms with Crippen LogP contribution in [0.15, 0.2) is 35.5 Å². The van der Waals surface area contributed by atoms with Crippen LogP contribution in [0.1, 0.15) is 42.3 Å². The van der Waals surface area contributed by atoms with Crippen molar-refractivity contribution < 1.29 is 4.74 Å². The number of likely N-dealkylation sites (N-methyl/N-ethyl adjacent to an activating group) is 1. The molecule has 204 valence electrons. The van der Waals surface area contributed by atoms with E-state index in [1.54, 1.807) is 6.33 Å². The van der Waals surface area contributed by atoms with Crippen LogP contribution >= 0.6 is 0 Å².